The third-order valence-electron chi connectivity index (χ3n) is 5.64. The molecule has 32 heavy (non-hydrogen) atoms. The van der Waals surface area contributed by atoms with Crippen molar-refractivity contribution in [1.82, 2.24) is 14.4 Å². The highest BCUT2D eigenvalue weighted by molar-refractivity contribution is 7.89. The number of hydrogen-bond acceptors (Lipinski definition) is 6. The SMILES string of the molecule is CN(C)c1ccc(S(=O)(=O)N2CC(F)C[C@H]2c2nc(CCCc3ccccc3)no2)cc1. The topological polar surface area (TPSA) is 79.5 Å². The maximum Gasteiger partial charge on any atom is 0.245 e. The molecule has 1 saturated heterocycles. The van der Waals surface area contributed by atoms with Gasteiger partial charge in [-0.25, -0.2) is 12.8 Å². The fraction of sp³-hybridized carbons (Fsp3) is 0.391. The van der Waals surface area contributed by atoms with Crippen LogP contribution in [0.25, 0.3) is 0 Å². The highest BCUT2D eigenvalue weighted by Crippen LogP contribution is 2.37. The number of hydrogen-bond donors (Lipinski definition) is 0. The van der Waals surface area contributed by atoms with Gasteiger partial charge in [0.15, 0.2) is 5.82 Å². The first-order valence-corrected chi connectivity index (χ1v) is 12.1. The van der Waals surface area contributed by atoms with Crippen LogP contribution in [0.5, 0.6) is 0 Å². The Bertz CT molecular complexity index is 1130. The van der Waals surface area contributed by atoms with Gasteiger partial charge in [0.1, 0.15) is 12.2 Å². The zero-order valence-electron chi connectivity index (χ0n) is 18.2. The van der Waals surface area contributed by atoms with Crippen LogP contribution in [0, 0.1) is 0 Å². The average molecular weight is 459 g/mol. The number of alkyl halides is 1. The summed E-state index contributed by atoms with van der Waals surface area (Å²) in [4.78, 5) is 6.39. The molecule has 0 aliphatic carbocycles. The van der Waals surface area contributed by atoms with E-state index in [-0.39, 0.29) is 23.8 Å². The molecule has 0 amide bonds. The van der Waals surface area contributed by atoms with E-state index < -0.39 is 22.2 Å². The van der Waals surface area contributed by atoms with Gasteiger partial charge in [-0.05, 0) is 42.7 Å². The molecule has 1 fully saturated rings. The van der Waals surface area contributed by atoms with E-state index in [4.69, 9.17) is 4.52 Å². The summed E-state index contributed by atoms with van der Waals surface area (Å²) in [6, 6.07) is 15.8. The number of anilines is 1. The Balaban J connectivity index is 1.48. The maximum atomic E-state index is 14.3. The molecule has 2 aromatic carbocycles. The Morgan fingerprint density at radius 2 is 1.81 bits per heavy atom. The van der Waals surface area contributed by atoms with Gasteiger partial charge in [-0.3, -0.25) is 0 Å². The zero-order chi connectivity index (χ0) is 22.7. The van der Waals surface area contributed by atoms with Crippen LogP contribution in [0.3, 0.4) is 0 Å². The van der Waals surface area contributed by atoms with Gasteiger partial charge in [0, 0.05) is 39.2 Å². The Morgan fingerprint density at radius 1 is 1.09 bits per heavy atom. The second kappa shape index (κ2) is 9.38. The number of benzene rings is 2. The van der Waals surface area contributed by atoms with Crippen molar-refractivity contribution < 1.29 is 17.3 Å². The standard InChI is InChI=1S/C23H27FN4O3S/c1-27(2)19-11-13-20(14-12-19)32(29,30)28-16-18(24)15-21(28)23-25-22(26-31-23)10-6-9-17-7-4-3-5-8-17/h3-5,7-8,11-14,18,21H,6,9-10,15-16H2,1-2H3/t18?,21-/m0/s1. The van der Waals surface area contributed by atoms with Crippen molar-refractivity contribution >= 4 is 15.7 Å². The Morgan fingerprint density at radius 3 is 2.50 bits per heavy atom. The quantitative estimate of drug-likeness (QED) is 0.511. The van der Waals surface area contributed by atoms with E-state index in [9.17, 15) is 12.8 Å². The lowest BCUT2D eigenvalue weighted by Gasteiger charge is -2.21. The van der Waals surface area contributed by atoms with Crippen LogP contribution in [-0.4, -0.2) is 49.7 Å². The monoisotopic (exact) mass is 458 g/mol. The van der Waals surface area contributed by atoms with Gasteiger partial charge in [0.2, 0.25) is 15.9 Å². The molecule has 0 saturated carbocycles. The van der Waals surface area contributed by atoms with Crippen LogP contribution in [0.15, 0.2) is 64.0 Å². The Kier molecular flexibility index (Phi) is 6.57. The fourth-order valence-electron chi connectivity index (χ4n) is 3.90. The molecule has 7 nitrogen and oxygen atoms in total. The van der Waals surface area contributed by atoms with Crippen LogP contribution in [0.4, 0.5) is 10.1 Å². The average Bonchev–Trinajstić information content (AvgIpc) is 3.41. The predicted octanol–water partition coefficient (Wildman–Crippen LogP) is 3.78. The second-order valence-electron chi connectivity index (χ2n) is 8.20. The van der Waals surface area contributed by atoms with E-state index in [0.717, 1.165) is 22.8 Å². The molecule has 0 spiro atoms. The molecular weight excluding hydrogens is 431 g/mol. The third-order valence-corrected chi connectivity index (χ3v) is 7.53. The normalized spacial score (nSPS) is 19.3. The van der Waals surface area contributed by atoms with Crippen molar-refractivity contribution in [3.8, 4) is 0 Å². The number of sulfonamides is 1. The van der Waals surface area contributed by atoms with Crippen LogP contribution in [0.1, 0.15) is 36.2 Å². The summed E-state index contributed by atoms with van der Waals surface area (Å²) in [5, 5.41) is 4.00. The molecule has 1 aliphatic heterocycles. The maximum absolute atomic E-state index is 14.3. The first-order valence-electron chi connectivity index (χ1n) is 10.6. The second-order valence-corrected chi connectivity index (χ2v) is 10.1. The molecule has 9 heteroatoms. The molecule has 0 bridgehead atoms. The van der Waals surface area contributed by atoms with E-state index in [1.54, 1.807) is 12.1 Å². The minimum Gasteiger partial charge on any atom is -0.378 e. The van der Waals surface area contributed by atoms with E-state index in [1.807, 2.05) is 37.2 Å². The highest BCUT2D eigenvalue weighted by Gasteiger charge is 2.44. The van der Waals surface area contributed by atoms with Gasteiger partial charge in [-0.2, -0.15) is 9.29 Å². The summed E-state index contributed by atoms with van der Waals surface area (Å²) in [6.45, 7) is -0.228. The van der Waals surface area contributed by atoms with E-state index in [0.29, 0.717) is 12.2 Å². The number of aryl methyl sites for hydroxylation is 2. The fourth-order valence-corrected chi connectivity index (χ4v) is 5.52. The summed E-state index contributed by atoms with van der Waals surface area (Å²) in [5.74, 6) is 0.652. The molecule has 2 heterocycles. The number of nitrogens with zero attached hydrogens (tertiary/aromatic N) is 4. The molecule has 2 atom stereocenters. The van der Waals surface area contributed by atoms with Crippen molar-refractivity contribution in [3.63, 3.8) is 0 Å². The lowest BCUT2D eigenvalue weighted by molar-refractivity contribution is 0.289. The van der Waals surface area contributed by atoms with E-state index in [1.165, 1.54) is 17.7 Å². The minimum absolute atomic E-state index is 0.000655. The van der Waals surface area contributed by atoms with Gasteiger partial charge in [-0.15, -0.1) is 0 Å². The summed E-state index contributed by atoms with van der Waals surface area (Å²) in [6.07, 6.45) is 1.03. The van der Waals surface area contributed by atoms with Gasteiger partial charge in [0.05, 0.1) is 4.90 Å². The number of halogens is 1. The van der Waals surface area contributed by atoms with Gasteiger partial charge >= 0.3 is 0 Å². The zero-order valence-corrected chi connectivity index (χ0v) is 19.0. The first kappa shape index (κ1) is 22.4. The van der Waals surface area contributed by atoms with Crippen molar-refractivity contribution in [2.24, 2.45) is 0 Å². The van der Waals surface area contributed by atoms with Gasteiger partial charge in [0.25, 0.3) is 0 Å². The van der Waals surface area contributed by atoms with E-state index in [2.05, 4.69) is 22.3 Å². The Labute approximate surface area is 187 Å². The molecule has 0 N–H and O–H groups in total. The van der Waals surface area contributed by atoms with Crippen LogP contribution in [-0.2, 0) is 22.9 Å². The molecule has 3 aromatic rings. The molecule has 1 aromatic heterocycles. The predicted molar refractivity (Wildman–Crippen MR) is 120 cm³/mol. The number of rotatable bonds is 8. The summed E-state index contributed by atoms with van der Waals surface area (Å²) in [5.41, 5.74) is 2.10. The van der Waals surface area contributed by atoms with Crippen molar-refractivity contribution in [1.29, 1.82) is 0 Å². The lowest BCUT2D eigenvalue weighted by atomic mass is 10.1. The van der Waals surface area contributed by atoms with Crippen molar-refractivity contribution in [3.05, 3.63) is 71.9 Å². The smallest absolute Gasteiger partial charge is 0.245 e. The van der Waals surface area contributed by atoms with Crippen LogP contribution >= 0.6 is 0 Å². The molecule has 0 radical (unpaired) electrons. The van der Waals surface area contributed by atoms with Gasteiger partial charge in [-0.1, -0.05) is 35.5 Å². The third kappa shape index (κ3) is 4.83. The molecule has 4 rings (SSSR count). The summed E-state index contributed by atoms with van der Waals surface area (Å²) < 4.78 is 47.3. The van der Waals surface area contributed by atoms with Crippen molar-refractivity contribution in [2.75, 3.05) is 25.5 Å². The largest absolute Gasteiger partial charge is 0.378 e. The first-order chi connectivity index (χ1) is 15.3. The molecular formula is C23H27FN4O3S. The van der Waals surface area contributed by atoms with Crippen molar-refractivity contribution in [2.45, 2.75) is 42.8 Å². The molecule has 1 aliphatic rings. The minimum atomic E-state index is -3.91. The lowest BCUT2D eigenvalue weighted by Crippen LogP contribution is -2.31. The Hall–Kier alpha value is -2.78. The van der Waals surface area contributed by atoms with Crippen LogP contribution in [0.2, 0.25) is 0 Å². The van der Waals surface area contributed by atoms with Crippen LogP contribution < -0.4 is 4.90 Å². The van der Waals surface area contributed by atoms with Gasteiger partial charge < -0.3 is 9.42 Å². The van der Waals surface area contributed by atoms with E-state index >= 15 is 0 Å². The highest BCUT2D eigenvalue weighted by atomic mass is 32.2. The number of aromatic nitrogens is 2. The summed E-state index contributed by atoms with van der Waals surface area (Å²) in [7, 11) is -0.157. The molecule has 1 unspecified atom stereocenters. The molecule has 170 valence electrons. The summed E-state index contributed by atoms with van der Waals surface area (Å²) >= 11 is 0.